The van der Waals surface area contributed by atoms with E-state index in [4.69, 9.17) is 4.74 Å². The van der Waals surface area contributed by atoms with Gasteiger partial charge in [0, 0.05) is 23.8 Å². The molecule has 0 spiro atoms. The van der Waals surface area contributed by atoms with Crippen molar-refractivity contribution < 1.29 is 9.53 Å². The quantitative estimate of drug-likeness (QED) is 0.234. The highest BCUT2D eigenvalue weighted by atomic mass is 16.5. The van der Waals surface area contributed by atoms with Crippen LogP contribution in [0.5, 0.6) is 0 Å². The van der Waals surface area contributed by atoms with Crippen LogP contribution < -0.4 is 0 Å². The largest absolute Gasteiger partial charge is 0.498 e. The summed E-state index contributed by atoms with van der Waals surface area (Å²) >= 11 is 0. The molecule has 4 atom stereocenters. The summed E-state index contributed by atoms with van der Waals surface area (Å²) in [6.07, 6.45) is 8.01. The van der Waals surface area contributed by atoms with E-state index in [2.05, 4.69) is 69.3 Å². The molecular formula is C33H38O2. The Hall–Kier alpha value is -3.13. The van der Waals surface area contributed by atoms with Crippen molar-refractivity contribution in [2.75, 3.05) is 0 Å². The SMILES string of the molecule is C[C@@H]1CC[C@@H](C(C)(C)c2ccccc2)[C@H](O/C=C\[C@H](CC(=O)c2ccccc2)c2ccccc2)C1. The van der Waals surface area contributed by atoms with Gasteiger partial charge in [-0.1, -0.05) is 118 Å². The first-order valence-electron chi connectivity index (χ1n) is 13.0. The van der Waals surface area contributed by atoms with Crippen LogP contribution in [0.2, 0.25) is 0 Å². The number of hydrogen-bond donors (Lipinski definition) is 0. The first-order valence-corrected chi connectivity index (χ1v) is 13.0. The number of carbonyl (C=O) groups is 1. The molecule has 0 amide bonds. The molecule has 1 aliphatic carbocycles. The Morgan fingerprint density at radius 1 is 0.914 bits per heavy atom. The molecule has 0 N–H and O–H groups in total. The molecule has 1 aliphatic rings. The minimum atomic E-state index is -0.0227. The zero-order valence-corrected chi connectivity index (χ0v) is 21.3. The van der Waals surface area contributed by atoms with Gasteiger partial charge in [0.1, 0.15) is 6.10 Å². The van der Waals surface area contributed by atoms with Crippen molar-refractivity contribution in [1.29, 1.82) is 0 Å². The summed E-state index contributed by atoms with van der Waals surface area (Å²) in [6.45, 7) is 7.04. The Bertz CT molecular complexity index is 1090. The summed E-state index contributed by atoms with van der Waals surface area (Å²) in [5.41, 5.74) is 3.29. The number of ketones is 1. The van der Waals surface area contributed by atoms with Gasteiger partial charge in [0.05, 0.1) is 6.26 Å². The van der Waals surface area contributed by atoms with Crippen LogP contribution in [0.25, 0.3) is 0 Å². The topological polar surface area (TPSA) is 26.3 Å². The Morgan fingerprint density at radius 2 is 1.51 bits per heavy atom. The lowest BCUT2D eigenvalue weighted by Gasteiger charge is -2.44. The zero-order chi connectivity index (χ0) is 24.7. The van der Waals surface area contributed by atoms with Crippen LogP contribution in [-0.2, 0) is 10.2 Å². The van der Waals surface area contributed by atoms with Crippen molar-refractivity contribution in [1.82, 2.24) is 0 Å². The molecule has 0 aliphatic heterocycles. The number of carbonyl (C=O) groups excluding carboxylic acids is 1. The van der Waals surface area contributed by atoms with E-state index in [0.717, 1.165) is 24.0 Å². The summed E-state index contributed by atoms with van der Waals surface area (Å²) in [4.78, 5) is 13.0. The average molecular weight is 467 g/mol. The van der Waals surface area contributed by atoms with Crippen molar-refractivity contribution in [3.05, 3.63) is 120 Å². The van der Waals surface area contributed by atoms with Gasteiger partial charge in [-0.3, -0.25) is 4.79 Å². The van der Waals surface area contributed by atoms with Gasteiger partial charge in [-0.15, -0.1) is 0 Å². The third-order valence-electron chi connectivity index (χ3n) is 7.79. The highest BCUT2D eigenvalue weighted by Gasteiger charge is 2.40. The van der Waals surface area contributed by atoms with Gasteiger partial charge in [0.15, 0.2) is 5.78 Å². The van der Waals surface area contributed by atoms with E-state index in [-0.39, 0.29) is 23.2 Å². The molecule has 182 valence electrons. The average Bonchev–Trinajstić information content (AvgIpc) is 2.89. The van der Waals surface area contributed by atoms with Crippen LogP contribution in [0.1, 0.15) is 73.9 Å². The van der Waals surface area contributed by atoms with Gasteiger partial charge in [-0.25, -0.2) is 0 Å². The summed E-state index contributed by atoms with van der Waals surface area (Å²) in [5, 5.41) is 0. The standard InChI is InChI=1S/C33H38O2/c1-25-19-20-30(33(2,3)29-17-11-6-12-18-29)32(23-25)35-22-21-28(26-13-7-4-8-14-26)24-31(34)27-15-9-5-10-16-27/h4-18,21-22,25,28,30,32H,19-20,23-24H2,1-3H3/b22-21-/t25-,28-,30-,32-/m1/s1. The number of benzene rings is 3. The predicted octanol–water partition coefficient (Wildman–Crippen LogP) is 8.36. The number of ether oxygens (including phenoxy) is 1. The van der Waals surface area contributed by atoms with Crippen LogP contribution >= 0.6 is 0 Å². The fraction of sp³-hybridized carbons (Fsp3) is 0.364. The molecule has 2 heteroatoms. The van der Waals surface area contributed by atoms with Crippen LogP contribution in [0, 0.1) is 11.8 Å². The van der Waals surface area contributed by atoms with Gasteiger partial charge < -0.3 is 4.74 Å². The first-order chi connectivity index (χ1) is 16.9. The molecular weight excluding hydrogens is 428 g/mol. The minimum Gasteiger partial charge on any atom is -0.498 e. The van der Waals surface area contributed by atoms with E-state index in [1.165, 1.54) is 12.0 Å². The van der Waals surface area contributed by atoms with E-state index in [1.807, 2.05) is 54.8 Å². The van der Waals surface area contributed by atoms with Gasteiger partial charge in [0.2, 0.25) is 0 Å². The van der Waals surface area contributed by atoms with Crippen molar-refractivity contribution >= 4 is 5.78 Å². The summed E-state index contributed by atoms with van der Waals surface area (Å²) in [6, 6.07) is 30.7. The Labute approximate surface area is 211 Å². The van der Waals surface area contributed by atoms with Crippen LogP contribution in [-0.4, -0.2) is 11.9 Å². The molecule has 0 radical (unpaired) electrons. The molecule has 3 aromatic carbocycles. The van der Waals surface area contributed by atoms with Gasteiger partial charge in [-0.05, 0) is 41.4 Å². The fourth-order valence-electron chi connectivity index (χ4n) is 5.57. The van der Waals surface area contributed by atoms with Crippen LogP contribution in [0.3, 0.4) is 0 Å². The molecule has 0 unspecified atom stereocenters. The van der Waals surface area contributed by atoms with E-state index < -0.39 is 0 Å². The van der Waals surface area contributed by atoms with Crippen molar-refractivity contribution in [3.8, 4) is 0 Å². The molecule has 1 fully saturated rings. The second-order valence-electron chi connectivity index (χ2n) is 10.6. The second kappa shape index (κ2) is 11.5. The van der Waals surface area contributed by atoms with E-state index in [0.29, 0.717) is 18.3 Å². The second-order valence-corrected chi connectivity index (χ2v) is 10.6. The van der Waals surface area contributed by atoms with Gasteiger partial charge in [-0.2, -0.15) is 0 Å². The maximum absolute atomic E-state index is 13.0. The maximum Gasteiger partial charge on any atom is 0.163 e. The lowest BCUT2D eigenvalue weighted by Crippen LogP contribution is -2.42. The van der Waals surface area contributed by atoms with Crippen LogP contribution in [0.4, 0.5) is 0 Å². The third-order valence-corrected chi connectivity index (χ3v) is 7.79. The number of rotatable bonds is 9. The van der Waals surface area contributed by atoms with Gasteiger partial charge >= 0.3 is 0 Å². The fourth-order valence-corrected chi connectivity index (χ4v) is 5.57. The third kappa shape index (κ3) is 6.31. The summed E-state index contributed by atoms with van der Waals surface area (Å²) in [7, 11) is 0. The summed E-state index contributed by atoms with van der Waals surface area (Å²) < 4.78 is 6.52. The normalized spacial score (nSPS) is 21.5. The smallest absolute Gasteiger partial charge is 0.163 e. The molecule has 4 rings (SSSR count). The van der Waals surface area contributed by atoms with E-state index in [1.54, 1.807) is 0 Å². The highest BCUT2D eigenvalue weighted by molar-refractivity contribution is 5.96. The molecule has 3 aromatic rings. The number of allylic oxidation sites excluding steroid dienone is 1. The lowest BCUT2D eigenvalue weighted by molar-refractivity contribution is 0.00218. The molecule has 0 saturated heterocycles. The molecule has 1 saturated carbocycles. The zero-order valence-electron chi connectivity index (χ0n) is 21.3. The monoisotopic (exact) mass is 466 g/mol. The van der Waals surface area contributed by atoms with Gasteiger partial charge in [0.25, 0.3) is 0 Å². The predicted molar refractivity (Wildman–Crippen MR) is 145 cm³/mol. The lowest BCUT2D eigenvalue weighted by atomic mass is 9.64. The molecule has 0 bridgehead atoms. The Kier molecular flexibility index (Phi) is 8.23. The Balaban J connectivity index is 1.52. The van der Waals surface area contributed by atoms with Crippen LogP contribution in [0.15, 0.2) is 103 Å². The molecule has 0 heterocycles. The van der Waals surface area contributed by atoms with Crippen molar-refractivity contribution in [3.63, 3.8) is 0 Å². The molecule has 2 nitrogen and oxygen atoms in total. The molecule has 35 heavy (non-hydrogen) atoms. The minimum absolute atomic E-state index is 0.0227. The summed E-state index contributed by atoms with van der Waals surface area (Å²) in [5.74, 6) is 1.22. The number of Topliss-reactive ketones (excluding diaryl/α,β-unsaturated/α-hetero) is 1. The first kappa shape index (κ1) is 25.0. The maximum atomic E-state index is 13.0. The number of hydrogen-bond acceptors (Lipinski definition) is 2. The molecule has 0 aromatic heterocycles. The van der Waals surface area contributed by atoms with E-state index >= 15 is 0 Å². The van der Waals surface area contributed by atoms with Crippen molar-refractivity contribution in [2.45, 2.75) is 63.9 Å². The van der Waals surface area contributed by atoms with Crippen molar-refractivity contribution in [2.24, 2.45) is 11.8 Å². The Morgan fingerprint density at radius 3 is 2.17 bits per heavy atom. The van der Waals surface area contributed by atoms with E-state index in [9.17, 15) is 4.79 Å². The highest BCUT2D eigenvalue weighted by Crippen LogP contribution is 2.43.